The lowest BCUT2D eigenvalue weighted by Gasteiger charge is -1.88. The zero-order chi connectivity index (χ0) is 4.83. The third-order valence-electron chi connectivity index (χ3n) is 0.234. The summed E-state index contributed by atoms with van der Waals surface area (Å²) < 4.78 is 9.15. The van der Waals surface area contributed by atoms with Crippen LogP contribution in [0.3, 0.4) is 0 Å². The van der Waals surface area contributed by atoms with Gasteiger partial charge in [-0.25, -0.2) is 0 Å². The van der Waals surface area contributed by atoms with Crippen molar-refractivity contribution >= 4 is 19.8 Å². The minimum atomic E-state index is 0.693. The second kappa shape index (κ2) is 5.33. The highest BCUT2D eigenvalue weighted by atomic mass is 32.2. The van der Waals surface area contributed by atoms with Crippen molar-refractivity contribution in [3.8, 4) is 0 Å². The quantitative estimate of drug-likeness (QED) is 0.298. The Labute approximate surface area is 42.9 Å². The van der Waals surface area contributed by atoms with Gasteiger partial charge in [-0.05, 0) is 0 Å². The van der Waals surface area contributed by atoms with Crippen molar-refractivity contribution in [3.05, 3.63) is 0 Å². The fourth-order valence-electron chi connectivity index (χ4n) is 0.0962. The van der Waals surface area contributed by atoms with Crippen LogP contribution in [0.5, 0.6) is 0 Å². The van der Waals surface area contributed by atoms with Gasteiger partial charge in [0.05, 0.1) is 7.11 Å². The van der Waals surface area contributed by atoms with E-state index in [9.17, 15) is 0 Å². The van der Waals surface area contributed by atoms with E-state index in [1.165, 1.54) is 0 Å². The molecule has 0 atom stereocenters. The van der Waals surface area contributed by atoms with Crippen molar-refractivity contribution < 1.29 is 8.28 Å². The molecule has 0 aliphatic rings. The zero-order valence-electron chi connectivity index (χ0n) is 3.93. The molecular formula is C2H7BO2S. The Hall–Kier alpha value is 0.335. The van der Waals surface area contributed by atoms with Gasteiger partial charge in [0.2, 0.25) is 0 Å². The van der Waals surface area contributed by atoms with E-state index >= 15 is 0 Å². The smallest absolute Gasteiger partial charge is 0.294 e. The fraction of sp³-hybridized carbons (Fsp3) is 1.00. The molecule has 0 N–H and O–H groups in total. The molecule has 0 aliphatic carbocycles. The van der Waals surface area contributed by atoms with Crippen molar-refractivity contribution in [2.75, 3.05) is 7.11 Å². The van der Waals surface area contributed by atoms with E-state index in [1.54, 1.807) is 7.11 Å². The zero-order valence-corrected chi connectivity index (χ0v) is 4.75. The summed E-state index contributed by atoms with van der Waals surface area (Å²) in [4.78, 5) is 0. The van der Waals surface area contributed by atoms with Gasteiger partial charge in [0.15, 0.2) is 0 Å². The summed E-state index contributed by atoms with van der Waals surface area (Å²) in [5, 5.41) is 0. The van der Waals surface area contributed by atoms with Crippen LogP contribution in [-0.2, 0) is 8.28 Å². The first-order valence-electron chi connectivity index (χ1n) is 1.74. The van der Waals surface area contributed by atoms with Crippen LogP contribution >= 0.6 is 12.3 Å². The lowest BCUT2D eigenvalue weighted by Crippen LogP contribution is -1.80. The van der Waals surface area contributed by atoms with Gasteiger partial charge in [-0.1, -0.05) is 6.82 Å². The van der Waals surface area contributed by atoms with E-state index in [1.807, 2.05) is 6.82 Å². The van der Waals surface area contributed by atoms with Gasteiger partial charge >= 0.3 is 0 Å². The van der Waals surface area contributed by atoms with Gasteiger partial charge in [0.1, 0.15) is 12.3 Å². The van der Waals surface area contributed by atoms with Gasteiger partial charge in [-0.2, -0.15) is 0 Å². The van der Waals surface area contributed by atoms with Crippen molar-refractivity contribution in [3.63, 3.8) is 0 Å². The summed E-state index contributed by atoms with van der Waals surface area (Å²) in [6, 6.07) is 0. The van der Waals surface area contributed by atoms with Crippen molar-refractivity contribution in [1.29, 1.82) is 0 Å². The van der Waals surface area contributed by atoms with Crippen LogP contribution in [0.1, 0.15) is 0 Å². The highest BCUT2D eigenvalue weighted by Crippen LogP contribution is 1.97. The molecule has 36 valence electrons. The van der Waals surface area contributed by atoms with Gasteiger partial charge in [-0.3, -0.25) is 4.18 Å². The van der Waals surface area contributed by atoms with Gasteiger partial charge in [-0.15, -0.1) is 0 Å². The number of hydrogen-bond acceptors (Lipinski definition) is 3. The molecule has 0 aliphatic heterocycles. The second-order valence-corrected chi connectivity index (χ2v) is 1.35. The monoisotopic (exact) mass is 106 g/mol. The van der Waals surface area contributed by atoms with Crippen LogP contribution in [0.15, 0.2) is 0 Å². The Morgan fingerprint density at radius 1 is 1.67 bits per heavy atom. The molecule has 0 radical (unpaired) electrons. The van der Waals surface area contributed by atoms with Crippen molar-refractivity contribution in [1.82, 2.24) is 0 Å². The molecule has 0 aromatic carbocycles. The third-order valence-corrected chi connectivity index (χ3v) is 0.702. The highest BCUT2D eigenvalue weighted by molar-refractivity contribution is 7.90. The molecule has 0 aromatic heterocycles. The molecule has 0 aromatic rings. The molecule has 0 rings (SSSR count). The van der Waals surface area contributed by atoms with Crippen LogP contribution in [-0.4, -0.2) is 14.6 Å². The minimum absolute atomic E-state index is 0.693. The molecule has 0 bridgehead atoms. The molecule has 0 spiro atoms. The maximum Gasteiger partial charge on any atom is 0.294 e. The largest absolute Gasteiger partial charge is 0.360 e. The summed E-state index contributed by atoms with van der Waals surface area (Å²) in [6.07, 6.45) is 0. The van der Waals surface area contributed by atoms with E-state index in [0.717, 1.165) is 12.3 Å². The topological polar surface area (TPSA) is 18.5 Å². The Bertz CT molecular complexity index is 23.5. The van der Waals surface area contributed by atoms with Crippen LogP contribution in [0.4, 0.5) is 0 Å². The second-order valence-electron chi connectivity index (χ2n) is 0.641. The normalized spacial score (nSPS) is 8.33. The summed E-state index contributed by atoms with van der Waals surface area (Å²) >= 11 is 1.01. The van der Waals surface area contributed by atoms with Crippen molar-refractivity contribution in [2.24, 2.45) is 0 Å². The Balaban J connectivity index is 2.34. The third kappa shape index (κ3) is 4.33. The SMILES string of the molecule is CBOSOC. The molecule has 4 heteroatoms. The Morgan fingerprint density at radius 3 is 2.50 bits per heavy atom. The van der Waals surface area contributed by atoms with Crippen LogP contribution < -0.4 is 0 Å². The summed E-state index contributed by atoms with van der Waals surface area (Å²) in [5.41, 5.74) is 0. The minimum Gasteiger partial charge on any atom is -0.360 e. The predicted molar refractivity (Wildman–Crippen MR) is 28.7 cm³/mol. The Kier molecular flexibility index (Phi) is 5.63. The first kappa shape index (κ1) is 6.33. The van der Waals surface area contributed by atoms with E-state index in [-0.39, 0.29) is 0 Å². The average molecular weight is 106 g/mol. The predicted octanol–water partition coefficient (Wildman–Crippen LogP) is 0.612. The maximum absolute atomic E-state index is 4.68. The molecule has 0 saturated carbocycles. The fourth-order valence-corrected chi connectivity index (χ4v) is 0.289. The molecule has 0 amide bonds. The number of rotatable bonds is 3. The first-order valence-corrected chi connectivity index (χ1v) is 2.40. The standard InChI is InChI=1S/C2H7BO2S/c1-3-5-6-4-2/h3H,1-2H3. The van der Waals surface area contributed by atoms with Gasteiger partial charge in [0.25, 0.3) is 7.48 Å². The van der Waals surface area contributed by atoms with E-state index in [2.05, 4.69) is 8.28 Å². The van der Waals surface area contributed by atoms with E-state index in [0.29, 0.717) is 7.48 Å². The summed E-state index contributed by atoms with van der Waals surface area (Å²) in [6.45, 7) is 1.91. The lowest BCUT2D eigenvalue weighted by molar-refractivity contribution is 0.446. The van der Waals surface area contributed by atoms with Gasteiger partial charge in [0, 0.05) is 0 Å². The molecule has 2 nitrogen and oxygen atoms in total. The van der Waals surface area contributed by atoms with Crippen LogP contribution in [0, 0.1) is 0 Å². The summed E-state index contributed by atoms with van der Waals surface area (Å²) in [5.74, 6) is 0. The molecule has 6 heavy (non-hydrogen) atoms. The average Bonchev–Trinajstić information content (AvgIpc) is 1.61. The number of hydrogen-bond donors (Lipinski definition) is 0. The first-order chi connectivity index (χ1) is 2.91. The molecule has 0 unspecified atom stereocenters. The summed E-state index contributed by atoms with van der Waals surface area (Å²) in [7, 11) is 2.26. The van der Waals surface area contributed by atoms with Crippen molar-refractivity contribution in [2.45, 2.75) is 6.82 Å². The Morgan fingerprint density at radius 2 is 2.33 bits per heavy atom. The molecule has 0 heterocycles. The molecule has 0 saturated heterocycles. The molecular weight excluding hydrogens is 98.9 g/mol. The van der Waals surface area contributed by atoms with Crippen LogP contribution in [0.25, 0.3) is 0 Å². The molecule has 0 fully saturated rings. The lowest BCUT2D eigenvalue weighted by atomic mass is 10.1. The highest BCUT2D eigenvalue weighted by Gasteiger charge is 1.77. The van der Waals surface area contributed by atoms with Crippen LogP contribution in [0.2, 0.25) is 6.82 Å². The maximum atomic E-state index is 4.68. The van der Waals surface area contributed by atoms with Gasteiger partial charge < -0.3 is 4.10 Å². The van der Waals surface area contributed by atoms with E-state index in [4.69, 9.17) is 0 Å². The van der Waals surface area contributed by atoms with E-state index < -0.39 is 0 Å².